The first kappa shape index (κ1) is 16.3. The molecule has 0 amide bonds. The van der Waals surface area contributed by atoms with E-state index in [0.717, 1.165) is 25.2 Å². The van der Waals surface area contributed by atoms with E-state index < -0.39 is 21.9 Å². The Morgan fingerprint density at radius 2 is 2.00 bits per heavy atom. The molecular formula is C15H18FNO5S. The largest absolute Gasteiger partial charge is 0.465 e. The number of ether oxygens (including phenoxy) is 1. The monoisotopic (exact) mass is 343 g/mol. The summed E-state index contributed by atoms with van der Waals surface area (Å²) in [6, 6.07) is 1.15. The van der Waals surface area contributed by atoms with Crippen LogP contribution in [-0.2, 0) is 19.0 Å². The molecule has 0 radical (unpaired) electrons. The summed E-state index contributed by atoms with van der Waals surface area (Å²) >= 11 is 0. The highest BCUT2D eigenvalue weighted by atomic mass is 32.2. The summed E-state index contributed by atoms with van der Waals surface area (Å²) in [5.41, 5.74) is 0.499. The van der Waals surface area contributed by atoms with Crippen molar-refractivity contribution in [2.75, 3.05) is 13.4 Å². The smallest absolute Gasteiger partial charge is 0.339 e. The van der Waals surface area contributed by atoms with Gasteiger partial charge in [-0.1, -0.05) is 0 Å². The fraction of sp³-hybridized carbons (Fsp3) is 0.600. The van der Waals surface area contributed by atoms with E-state index >= 15 is 0 Å². The molecule has 1 aromatic rings. The summed E-state index contributed by atoms with van der Waals surface area (Å²) in [6.07, 6.45) is 4.99. The number of hydrogen-bond donors (Lipinski definition) is 0. The standard InChI is InChI=1S/C15H18FNO5S/c1-21-14(18)9-3-12(16)13(17-8-9)10-4-15(5-10)6-11(7-15)22-23(2,19)20/h3,8,10-11H,4-7H2,1-2H3. The van der Waals surface area contributed by atoms with Crippen LogP contribution in [0.2, 0.25) is 0 Å². The van der Waals surface area contributed by atoms with Crippen molar-refractivity contribution in [2.45, 2.75) is 37.7 Å². The number of halogens is 1. The van der Waals surface area contributed by atoms with Gasteiger partial charge in [0, 0.05) is 12.1 Å². The molecule has 0 N–H and O–H groups in total. The van der Waals surface area contributed by atoms with Gasteiger partial charge in [0.15, 0.2) is 0 Å². The molecule has 8 heteroatoms. The first-order chi connectivity index (χ1) is 10.7. The maximum absolute atomic E-state index is 14.1. The summed E-state index contributed by atoms with van der Waals surface area (Å²) < 4.78 is 45.8. The van der Waals surface area contributed by atoms with Crippen LogP contribution >= 0.6 is 0 Å². The third-order valence-electron chi connectivity index (χ3n) is 4.67. The van der Waals surface area contributed by atoms with Crippen LogP contribution in [0.3, 0.4) is 0 Å². The van der Waals surface area contributed by atoms with E-state index in [9.17, 15) is 17.6 Å². The minimum absolute atomic E-state index is 0.000815. The number of carbonyl (C=O) groups is 1. The van der Waals surface area contributed by atoms with Gasteiger partial charge in [-0.2, -0.15) is 8.42 Å². The summed E-state index contributed by atoms with van der Waals surface area (Å²) in [4.78, 5) is 15.4. The SMILES string of the molecule is COC(=O)c1cnc(C2CC3(CC(OS(C)(=O)=O)C3)C2)c(F)c1. The number of methoxy groups -OCH3 is 1. The van der Waals surface area contributed by atoms with E-state index in [1.165, 1.54) is 13.3 Å². The lowest BCUT2D eigenvalue weighted by atomic mass is 9.50. The molecule has 0 aromatic carbocycles. The fourth-order valence-corrected chi connectivity index (χ4v) is 4.34. The van der Waals surface area contributed by atoms with E-state index in [1.54, 1.807) is 0 Å². The van der Waals surface area contributed by atoms with Crippen molar-refractivity contribution in [2.24, 2.45) is 5.41 Å². The lowest BCUT2D eigenvalue weighted by Crippen LogP contribution is -2.50. The molecule has 2 aliphatic carbocycles. The zero-order chi connectivity index (χ0) is 16.8. The number of carbonyl (C=O) groups excluding carboxylic acids is 1. The van der Waals surface area contributed by atoms with Crippen LogP contribution in [0.25, 0.3) is 0 Å². The molecule has 126 valence electrons. The van der Waals surface area contributed by atoms with Gasteiger partial charge in [0.25, 0.3) is 10.1 Å². The van der Waals surface area contributed by atoms with Crippen LogP contribution in [-0.4, -0.2) is 38.8 Å². The highest BCUT2D eigenvalue weighted by Gasteiger charge is 2.55. The third kappa shape index (κ3) is 3.23. The van der Waals surface area contributed by atoms with Crippen LogP contribution in [0.15, 0.2) is 12.3 Å². The molecular weight excluding hydrogens is 325 g/mol. The lowest BCUT2D eigenvalue weighted by molar-refractivity contribution is -0.0788. The zero-order valence-corrected chi connectivity index (χ0v) is 13.7. The fourth-order valence-electron chi connectivity index (χ4n) is 3.71. The first-order valence-electron chi connectivity index (χ1n) is 7.33. The highest BCUT2D eigenvalue weighted by Crippen LogP contribution is 2.62. The van der Waals surface area contributed by atoms with Crippen molar-refractivity contribution in [3.8, 4) is 0 Å². The minimum atomic E-state index is -3.42. The quantitative estimate of drug-likeness (QED) is 0.614. The molecule has 0 unspecified atom stereocenters. The van der Waals surface area contributed by atoms with Gasteiger partial charge < -0.3 is 4.74 Å². The molecule has 1 spiro atoms. The Labute approximate surface area is 134 Å². The van der Waals surface area contributed by atoms with Crippen molar-refractivity contribution >= 4 is 16.1 Å². The third-order valence-corrected chi connectivity index (χ3v) is 5.29. The second-order valence-electron chi connectivity index (χ2n) is 6.52. The molecule has 3 rings (SSSR count). The molecule has 1 aromatic heterocycles. The van der Waals surface area contributed by atoms with Crippen LogP contribution < -0.4 is 0 Å². The normalized spacial score (nSPS) is 29.7. The summed E-state index contributed by atoms with van der Waals surface area (Å²) in [5.74, 6) is -1.12. The van der Waals surface area contributed by atoms with Crippen molar-refractivity contribution in [3.63, 3.8) is 0 Å². The predicted octanol–water partition coefficient (Wildman–Crippen LogP) is 2.01. The average molecular weight is 343 g/mol. The number of rotatable bonds is 4. The first-order valence-corrected chi connectivity index (χ1v) is 9.15. The minimum Gasteiger partial charge on any atom is -0.465 e. The molecule has 2 aliphatic rings. The molecule has 23 heavy (non-hydrogen) atoms. The van der Waals surface area contributed by atoms with E-state index in [-0.39, 0.29) is 23.0 Å². The maximum Gasteiger partial charge on any atom is 0.339 e. The summed E-state index contributed by atoms with van der Waals surface area (Å²) in [7, 11) is -2.19. The van der Waals surface area contributed by atoms with Gasteiger partial charge in [-0.25, -0.2) is 9.18 Å². The van der Waals surface area contributed by atoms with Crippen molar-refractivity contribution in [1.82, 2.24) is 4.98 Å². The van der Waals surface area contributed by atoms with Gasteiger partial charge in [-0.15, -0.1) is 0 Å². The van der Waals surface area contributed by atoms with Gasteiger partial charge in [0.05, 0.1) is 30.7 Å². The van der Waals surface area contributed by atoms with E-state index in [0.29, 0.717) is 18.5 Å². The van der Waals surface area contributed by atoms with Gasteiger partial charge in [-0.3, -0.25) is 9.17 Å². The number of aromatic nitrogens is 1. The maximum atomic E-state index is 14.1. The predicted molar refractivity (Wildman–Crippen MR) is 78.9 cm³/mol. The Kier molecular flexibility index (Phi) is 3.92. The number of nitrogens with zero attached hydrogens (tertiary/aromatic N) is 1. The topological polar surface area (TPSA) is 82.6 Å². The molecule has 2 saturated carbocycles. The van der Waals surface area contributed by atoms with Crippen LogP contribution in [0.5, 0.6) is 0 Å². The Bertz CT molecular complexity index is 734. The Morgan fingerprint density at radius 1 is 1.35 bits per heavy atom. The summed E-state index contributed by atoms with van der Waals surface area (Å²) in [6.45, 7) is 0. The number of hydrogen-bond acceptors (Lipinski definition) is 6. The molecule has 6 nitrogen and oxygen atoms in total. The Morgan fingerprint density at radius 3 is 2.52 bits per heavy atom. The molecule has 1 heterocycles. The number of pyridine rings is 1. The highest BCUT2D eigenvalue weighted by molar-refractivity contribution is 7.86. The Hall–Kier alpha value is -1.54. The zero-order valence-electron chi connectivity index (χ0n) is 12.9. The van der Waals surface area contributed by atoms with Crippen molar-refractivity contribution in [1.29, 1.82) is 0 Å². The number of esters is 1. The van der Waals surface area contributed by atoms with Crippen LogP contribution in [0.4, 0.5) is 4.39 Å². The van der Waals surface area contributed by atoms with Gasteiger partial charge in [0.1, 0.15) is 5.82 Å². The Balaban J connectivity index is 1.59. The van der Waals surface area contributed by atoms with E-state index in [4.69, 9.17) is 4.18 Å². The molecule has 0 atom stereocenters. The van der Waals surface area contributed by atoms with Gasteiger partial charge >= 0.3 is 5.97 Å². The van der Waals surface area contributed by atoms with E-state index in [1.807, 2.05) is 0 Å². The summed E-state index contributed by atoms with van der Waals surface area (Å²) in [5, 5.41) is 0. The molecule has 2 fully saturated rings. The second kappa shape index (κ2) is 5.52. The van der Waals surface area contributed by atoms with Crippen LogP contribution in [0.1, 0.15) is 47.7 Å². The molecule has 0 aliphatic heterocycles. The van der Waals surface area contributed by atoms with Crippen molar-refractivity contribution < 1.29 is 26.5 Å². The van der Waals surface area contributed by atoms with Gasteiger partial charge in [0.2, 0.25) is 0 Å². The lowest BCUT2D eigenvalue weighted by Gasteiger charge is -2.56. The van der Waals surface area contributed by atoms with Crippen molar-refractivity contribution in [3.05, 3.63) is 29.3 Å². The van der Waals surface area contributed by atoms with Gasteiger partial charge in [-0.05, 0) is 37.2 Å². The molecule has 0 bridgehead atoms. The molecule has 0 saturated heterocycles. The second-order valence-corrected chi connectivity index (χ2v) is 8.12. The van der Waals surface area contributed by atoms with E-state index in [2.05, 4.69) is 9.72 Å². The average Bonchev–Trinajstić information content (AvgIpc) is 2.38. The van der Waals surface area contributed by atoms with Crippen LogP contribution in [0, 0.1) is 11.2 Å².